The number of nitrogens with one attached hydrogen (secondary N) is 1. The predicted octanol–water partition coefficient (Wildman–Crippen LogP) is 1.17. The first-order valence-electron chi connectivity index (χ1n) is 6.15. The van der Waals surface area contributed by atoms with Gasteiger partial charge in [-0.15, -0.1) is 0 Å². The second-order valence-corrected chi connectivity index (χ2v) is 7.31. The van der Waals surface area contributed by atoms with Gasteiger partial charge in [0.25, 0.3) is 0 Å². The van der Waals surface area contributed by atoms with Gasteiger partial charge in [0.1, 0.15) is 0 Å². The van der Waals surface area contributed by atoms with Crippen LogP contribution < -0.4 is 5.32 Å². The van der Waals surface area contributed by atoms with E-state index < -0.39 is 15.1 Å². The number of rotatable bonds is 4. The van der Waals surface area contributed by atoms with Gasteiger partial charge in [-0.1, -0.05) is 11.6 Å². The number of urea groups is 1. The lowest BCUT2D eigenvalue weighted by atomic mass is 10.3. The third-order valence-electron chi connectivity index (χ3n) is 3.01. The molecule has 0 spiro atoms. The molecule has 1 heterocycles. The molecular formula is C12H22N2O3S. The van der Waals surface area contributed by atoms with Crippen LogP contribution in [0.25, 0.3) is 0 Å². The van der Waals surface area contributed by atoms with Crippen LogP contribution in [0.4, 0.5) is 4.79 Å². The zero-order chi connectivity index (χ0) is 13.8. The zero-order valence-corrected chi connectivity index (χ0v) is 12.1. The van der Waals surface area contributed by atoms with Crippen LogP contribution in [0.3, 0.4) is 0 Å². The minimum atomic E-state index is -3.04. The van der Waals surface area contributed by atoms with Gasteiger partial charge in [-0.3, -0.25) is 0 Å². The fourth-order valence-electron chi connectivity index (χ4n) is 1.91. The van der Waals surface area contributed by atoms with Crippen molar-refractivity contribution in [1.82, 2.24) is 10.2 Å². The molecule has 0 radical (unpaired) electrons. The average molecular weight is 274 g/mol. The molecule has 2 amide bonds. The number of amides is 2. The van der Waals surface area contributed by atoms with Gasteiger partial charge >= 0.3 is 6.03 Å². The summed E-state index contributed by atoms with van der Waals surface area (Å²) in [5.41, 5.74) is 1.22. The molecule has 1 N–H and O–H groups in total. The molecule has 0 aromatic heterocycles. The maximum absolute atomic E-state index is 11.8. The first-order chi connectivity index (χ1) is 8.30. The Labute approximate surface area is 109 Å². The van der Waals surface area contributed by atoms with Crippen LogP contribution in [0.15, 0.2) is 11.6 Å². The molecule has 104 valence electrons. The van der Waals surface area contributed by atoms with E-state index in [-0.39, 0.29) is 6.03 Å². The van der Waals surface area contributed by atoms with Crippen LogP contribution >= 0.6 is 0 Å². The smallest absolute Gasteiger partial charge is 0.317 e. The van der Waals surface area contributed by atoms with Crippen molar-refractivity contribution in [3.05, 3.63) is 11.6 Å². The Balaban J connectivity index is 2.35. The van der Waals surface area contributed by atoms with E-state index in [0.717, 1.165) is 6.42 Å². The monoisotopic (exact) mass is 274 g/mol. The van der Waals surface area contributed by atoms with E-state index in [2.05, 4.69) is 11.4 Å². The largest absolute Gasteiger partial charge is 0.338 e. The molecule has 1 unspecified atom stereocenters. The molecule has 0 aromatic rings. The van der Waals surface area contributed by atoms with E-state index in [0.29, 0.717) is 26.1 Å². The number of nitrogens with zero attached hydrogens (tertiary/aromatic N) is 1. The van der Waals surface area contributed by atoms with E-state index in [1.165, 1.54) is 11.8 Å². The van der Waals surface area contributed by atoms with Gasteiger partial charge in [0.2, 0.25) is 0 Å². The number of carbonyl (C=O) groups is 1. The van der Waals surface area contributed by atoms with Gasteiger partial charge in [-0.05, 0) is 26.7 Å². The number of sulfone groups is 1. The van der Waals surface area contributed by atoms with Gasteiger partial charge in [-0.2, -0.15) is 0 Å². The van der Waals surface area contributed by atoms with Crippen molar-refractivity contribution in [3.63, 3.8) is 0 Å². The van der Waals surface area contributed by atoms with E-state index in [4.69, 9.17) is 0 Å². The Hall–Kier alpha value is -1.04. The lowest BCUT2D eigenvalue weighted by molar-refractivity contribution is 0.209. The summed E-state index contributed by atoms with van der Waals surface area (Å²) in [7, 11) is -3.04. The average Bonchev–Trinajstić information content (AvgIpc) is 2.72. The summed E-state index contributed by atoms with van der Waals surface area (Å²) in [6.45, 7) is 5.45. The van der Waals surface area contributed by atoms with Crippen molar-refractivity contribution in [2.24, 2.45) is 0 Å². The highest BCUT2D eigenvalue weighted by atomic mass is 32.2. The standard InChI is InChI=1S/C12H22N2O3S/c1-10(2)5-4-7-13-12(15)14-8-6-11(9-14)18(3,16)17/h5,11H,4,6-9H2,1-3H3,(H,13,15). The second-order valence-electron chi connectivity index (χ2n) is 4.99. The summed E-state index contributed by atoms with van der Waals surface area (Å²) in [6, 6.07) is -0.164. The highest BCUT2D eigenvalue weighted by molar-refractivity contribution is 7.91. The third kappa shape index (κ3) is 4.68. The normalized spacial score (nSPS) is 19.7. The van der Waals surface area contributed by atoms with Crippen molar-refractivity contribution in [2.45, 2.75) is 31.9 Å². The van der Waals surface area contributed by atoms with Gasteiger partial charge < -0.3 is 10.2 Å². The van der Waals surface area contributed by atoms with Crippen LogP contribution in [-0.2, 0) is 9.84 Å². The summed E-state index contributed by atoms with van der Waals surface area (Å²) in [6.07, 6.45) is 4.63. The maximum atomic E-state index is 11.8. The summed E-state index contributed by atoms with van der Waals surface area (Å²) >= 11 is 0. The van der Waals surface area contributed by atoms with E-state index in [1.807, 2.05) is 13.8 Å². The topological polar surface area (TPSA) is 66.5 Å². The van der Waals surface area contributed by atoms with E-state index >= 15 is 0 Å². The molecule has 6 heteroatoms. The molecule has 0 aliphatic carbocycles. The molecule has 5 nitrogen and oxygen atoms in total. The second kappa shape index (κ2) is 6.22. The summed E-state index contributed by atoms with van der Waals surface area (Å²) in [5, 5.41) is 2.40. The molecule has 1 aliphatic rings. The minimum absolute atomic E-state index is 0.164. The fraction of sp³-hybridized carbons (Fsp3) is 0.750. The molecule has 0 aromatic carbocycles. The van der Waals surface area contributed by atoms with Gasteiger partial charge in [0, 0.05) is 25.9 Å². The molecule has 1 fully saturated rings. The van der Waals surface area contributed by atoms with E-state index in [9.17, 15) is 13.2 Å². The number of hydrogen-bond acceptors (Lipinski definition) is 3. The number of carbonyl (C=O) groups excluding carboxylic acids is 1. The minimum Gasteiger partial charge on any atom is -0.338 e. The molecule has 1 aliphatic heterocycles. The van der Waals surface area contributed by atoms with E-state index in [1.54, 1.807) is 4.90 Å². The molecule has 18 heavy (non-hydrogen) atoms. The molecule has 0 bridgehead atoms. The quantitative estimate of drug-likeness (QED) is 0.618. The lowest BCUT2D eigenvalue weighted by Crippen LogP contribution is -2.39. The SMILES string of the molecule is CC(C)=CCCNC(=O)N1CCC(S(C)(=O)=O)C1. The first-order valence-corrected chi connectivity index (χ1v) is 8.11. The van der Waals surface area contributed by atoms with Gasteiger partial charge in [0.15, 0.2) is 9.84 Å². The number of likely N-dealkylation sites (tertiary alicyclic amines) is 1. The van der Waals surface area contributed by atoms with Crippen LogP contribution in [0.2, 0.25) is 0 Å². The summed E-state index contributed by atoms with van der Waals surface area (Å²) < 4.78 is 22.7. The Bertz CT molecular complexity index is 425. The third-order valence-corrected chi connectivity index (χ3v) is 4.61. The van der Waals surface area contributed by atoms with Crippen molar-refractivity contribution in [3.8, 4) is 0 Å². The predicted molar refractivity (Wildman–Crippen MR) is 72.3 cm³/mol. The van der Waals surface area contributed by atoms with Crippen molar-refractivity contribution in [2.75, 3.05) is 25.9 Å². The Kier molecular flexibility index (Phi) is 5.19. The molecule has 0 saturated carbocycles. The van der Waals surface area contributed by atoms with Gasteiger partial charge in [0.05, 0.1) is 5.25 Å². The highest BCUT2D eigenvalue weighted by Gasteiger charge is 2.32. The Morgan fingerprint density at radius 1 is 1.44 bits per heavy atom. The Morgan fingerprint density at radius 3 is 2.61 bits per heavy atom. The van der Waals surface area contributed by atoms with Crippen molar-refractivity contribution in [1.29, 1.82) is 0 Å². The van der Waals surface area contributed by atoms with Crippen molar-refractivity contribution >= 4 is 15.9 Å². The lowest BCUT2D eigenvalue weighted by Gasteiger charge is -2.16. The summed E-state index contributed by atoms with van der Waals surface area (Å²) in [5.74, 6) is 0. The fourth-order valence-corrected chi connectivity index (χ4v) is 2.90. The van der Waals surface area contributed by atoms with Crippen LogP contribution in [0.1, 0.15) is 26.7 Å². The molecular weight excluding hydrogens is 252 g/mol. The molecule has 1 atom stereocenters. The Morgan fingerprint density at radius 2 is 2.11 bits per heavy atom. The van der Waals surface area contributed by atoms with Crippen molar-refractivity contribution < 1.29 is 13.2 Å². The van der Waals surface area contributed by atoms with Crippen LogP contribution in [0, 0.1) is 0 Å². The number of hydrogen-bond donors (Lipinski definition) is 1. The van der Waals surface area contributed by atoms with Gasteiger partial charge in [-0.25, -0.2) is 13.2 Å². The first kappa shape index (κ1) is 15.0. The van der Waals surface area contributed by atoms with Crippen LogP contribution in [0.5, 0.6) is 0 Å². The summed E-state index contributed by atoms with van der Waals surface area (Å²) in [4.78, 5) is 13.3. The number of allylic oxidation sites excluding steroid dienone is 1. The molecule has 1 saturated heterocycles. The highest BCUT2D eigenvalue weighted by Crippen LogP contribution is 2.15. The zero-order valence-electron chi connectivity index (χ0n) is 11.3. The van der Waals surface area contributed by atoms with Crippen LogP contribution in [-0.4, -0.2) is 50.5 Å². The maximum Gasteiger partial charge on any atom is 0.317 e. The molecule has 1 rings (SSSR count).